The van der Waals surface area contributed by atoms with E-state index in [0.717, 1.165) is 16.9 Å². The van der Waals surface area contributed by atoms with Crippen LogP contribution in [0.4, 0.5) is 0 Å². The lowest BCUT2D eigenvalue weighted by Crippen LogP contribution is -2.21. The second kappa shape index (κ2) is 6.54. The summed E-state index contributed by atoms with van der Waals surface area (Å²) >= 11 is 1.60. The molecule has 0 aliphatic heterocycles. The SMILES string of the molecule is COc1ccccc1CNCC(O)c1ccsc1. The van der Waals surface area contributed by atoms with Gasteiger partial charge in [0.1, 0.15) is 5.75 Å². The second-order valence-corrected chi connectivity index (χ2v) is 4.80. The van der Waals surface area contributed by atoms with Gasteiger partial charge in [0.15, 0.2) is 0 Å². The van der Waals surface area contributed by atoms with Crippen LogP contribution in [-0.2, 0) is 6.54 Å². The number of benzene rings is 1. The standard InChI is InChI=1S/C14H17NO2S/c1-17-14-5-3-2-4-11(14)8-15-9-13(16)12-6-7-18-10-12/h2-7,10,13,15-16H,8-9H2,1H3. The van der Waals surface area contributed by atoms with Crippen molar-refractivity contribution >= 4 is 11.3 Å². The van der Waals surface area contributed by atoms with Crippen LogP contribution < -0.4 is 10.1 Å². The summed E-state index contributed by atoms with van der Waals surface area (Å²) < 4.78 is 5.27. The van der Waals surface area contributed by atoms with Gasteiger partial charge in [-0.15, -0.1) is 0 Å². The minimum Gasteiger partial charge on any atom is -0.496 e. The maximum atomic E-state index is 9.93. The zero-order valence-electron chi connectivity index (χ0n) is 10.3. The third-order valence-corrected chi connectivity index (χ3v) is 3.48. The first-order valence-electron chi connectivity index (χ1n) is 5.84. The molecule has 1 unspecified atom stereocenters. The van der Waals surface area contributed by atoms with Gasteiger partial charge < -0.3 is 15.2 Å². The average Bonchev–Trinajstić information content (AvgIpc) is 2.93. The van der Waals surface area contributed by atoms with Gasteiger partial charge in [0.2, 0.25) is 0 Å². The topological polar surface area (TPSA) is 41.5 Å². The quantitative estimate of drug-likeness (QED) is 0.841. The molecule has 2 aromatic rings. The number of methoxy groups -OCH3 is 1. The summed E-state index contributed by atoms with van der Waals surface area (Å²) in [5.74, 6) is 0.870. The molecule has 3 nitrogen and oxygen atoms in total. The first kappa shape index (κ1) is 13.1. The number of para-hydroxylation sites is 1. The Labute approximate surface area is 111 Å². The monoisotopic (exact) mass is 263 g/mol. The molecule has 0 spiro atoms. The molecule has 96 valence electrons. The predicted molar refractivity (Wildman–Crippen MR) is 74.0 cm³/mol. The summed E-state index contributed by atoms with van der Waals surface area (Å²) in [6, 6.07) is 9.83. The van der Waals surface area contributed by atoms with Crippen molar-refractivity contribution in [2.24, 2.45) is 0 Å². The van der Waals surface area contributed by atoms with Crippen molar-refractivity contribution in [2.75, 3.05) is 13.7 Å². The summed E-state index contributed by atoms with van der Waals surface area (Å²) in [4.78, 5) is 0. The Morgan fingerprint density at radius 3 is 2.89 bits per heavy atom. The summed E-state index contributed by atoms with van der Waals surface area (Å²) in [6.45, 7) is 1.22. The Bertz CT molecular complexity index is 470. The van der Waals surface area contributed by atoms with E-state index in [9.17, 15) is 5.11 Å². The largest absolute Gasteiger partial charge is 0.496 e. The van der Waals surface area contributed by atoms with Gasteiger partial charge in [-0.05, 0) is 28.5 Å². The minimum absolute atomic E-state index is 0.453. The van der Waals surface area contributed by atoms with Crippen molar-refractivity contribution in [3.63, 3.8) is 0 Å². The van der Waals surface area contributed by atoms with Crippen molar-refractivity contribution in [3.8, 4) is 5.75 Å². The molecule has 18 heavy (non-hydrogen) atoms. The van der Waals surface area contributed by atoms with Crippen LogP contribution in [0.2, 0.25) is 0 Å². The smallest absolute Gasteiger partial charge is 0.123 e. The van der Waals surface area contributed by atoms with E-state index < -0.39 is 6.10 Å². The van der Waals surface area contributed by atoms with Crippen molar-refractivity contribution < 1.29 is 9.84 Å². The number of aliphatic hydroxyl groups excluding tert-OH is 1. The van der Waals surface area contributed by atoms with E-state index in [2.05, 4.69) is 5.32 Å². The lowest BCUT2D eigenvalue weighted by molar-refractivity contribution is 0.174. The zero-order valence-corrected chi connectivity index (χ0v) is 11.1. The van der Waals surface area contributed by atoms with Crippen molar-refractivity contribution in [3.05, 3.63) is 52.2 Å². The molecule has 1 aromatic carbocycles. The maximum absolute atomic E-state index is 9.93. The molecule has 0 amide bonds. The first-order chi connectivity index (χ1) is 8.81. The molecule has 4 heteroatoms. The lowest BCUT2D eigenvalue weighted by Gasteiger charge is -2.12. The van der Waals surface area contributed by atoms with Gasteiger partial charge in [-0.2, -0.15) is 11.3 Å². The number of aliphatic hydroxyl groups is 1. The highest BCUT2D eigenvalue weighted by Gasteiger charge is 2.07. The Balaban J connectivity index is 1.85. The highest BCUT2D eigenvalue weighted by Crippen LogP contribution is 2.18. The van der Waals surface area contributed by atoms with Gasteiger partial charge in [0.25, 0.3) is 0 Å². The predicted octanol–water partition coefficient (Wildman–Crippen LogP) is 2.58. The third kappa shape index (κ3) is 3.32. The van der Waals surface area contributed by atoms with E-state index >= 15 is 0 Å². The number of rotatable bonds is 6. The Morgan fingerprint density at radius 1 is 1.33 bits per heavy atom. The minimum atomic E-state index is -0.453. The fraction of sp³-hybridized carbons (Fsp3) is 0.286. The number of ether oxygens (including phenoxy) is 1. The summed E-state index contributed by atoms with van der Waals surface area (Å²) in [7, 11) is 1.67. The normalized spacial score (nSPS) is 12.3. The molecule has 1 aromatic heterocycles. The third-order valence-electron chi connectivity index (χ3n) is 2.77. The molecule has 0 fully saturated rings. The molecule has 0 aliphatic rings. The fourth-order valence-corrected chi connectivity index (χ4v) is 2.48. The van der Waals surface area contributed by atoms with Crippen LogP contribution in [0.5, 0.6) is 5.75 Å². The molecule has 1 atom stereocenters. The van der Waals surface area contributed by atoms with Crippen LogP contribution in [0.15, 0.2) is 41.1 Å². The van der Waals surface area contributed by atoms with Crippen LogP contribution in [0.3, 0.4) is 0 Å². The lowest BCUT2D eigenvalue weighted by atomic mass is 10.1. The van der Waals surface area contributed by atoms with Gasteiger partial charge >= 0.3 is 0 Å². The van der Waals surface area contributed by atoms with Gasteiger partial charge in [0, 0.05) is 18.7 Å². The molecule has 0 saturated heterocycles. The van der Waals surface area contributed by atoms with Gasteiger partial charge in [-0.3, -0.25) is 0 Å². The van der Waals surface area contributed by atoms with E-state index in [4.69, 9.17) is 4.74 Å². The van der Waals surface area contributed by atoms with E-state index in [0.29, 0.717) is 13.1 Å². The Morgan fingerprint density at radius 2 is 2.17 bits per heavy atom. The zero-order chi connectivity index (χ0) is 12.8. The second-order valence-electron chi connectivity index (χ2n) is 4.02. The van der Waals surface area contributed by atoms with E-state index in [1.54, 1.807) is 18.4 Å². The van der Waals surface area contributed by atoms with Crippen molar-refractivity contribution in [1.29, 1.82) is 0 Å². The van der Waals surface area contributed by atoms with E-state index in [-0.39, 0.29) is 0 Å². The van der Waals surface area contributed by atoms with E-state index in [1.807, 2.05) is 41.1 Å². The van der Waals surface area contributed by atoms with Crippen LogP contribution in [0, 0.1) is 0 Å². The number of nitrogens with one attached hydrogen (secondary N) is 1. The van der Waals surface area contributed by atoms with Gasteiger partial charge in [-0.25, -0.2) is 0 Å². The van der Waals surface area contributed by atoms with Crippen LogP contribution in [0.1, 0.15) is 17.2 Å². The maximum Gasteiger partial charge on any atom is 0.123 e. The fourth-order valence-electron chi connectivity index (χ4n) is 1.78. The molecule has 2 rings (SSSR count). The van der Waals surface area contributed by atoms with E-state index in [1.165, 1.54) is 0 Å². The number of hydrogen-bond donors (Lipinski definition) is 2. The highest BCUT2D eigenvalue weighted by atomic mass is 32.1. The van der Waals surface area contributed by atoms with Crippen LogP contribution >= 0.6 is 11.3 Å². The average molecular weight is 263 g/mol. The van der Waals surface area contributed by atoms with Crippen molar-refractivity contribution in [2.45, 2.75) is 12.6 Å². The van der Waals surface area contributed by atoms with Gasteiger partial charge in [-0.1, -0.05) is 18.2 Å². The Kier molecular flexibility index (Phi) is 4.75. The first-order valence-corrected chi connectivity index (χ1v) is 6.78. The molecule has 0 aliphatic carbocycles. The van der Waals surface area contributed by atoms with Gasteiger partial charge in [0.05, 0.1) is 13.2 Å². The molecule has 0 bridgehead atoms. The molecule has 2 N–H and O–H groups in total. The molecular formula is C14H17NO2S. The molecule has 0 radical (unpaired) electrons. The highest BCUT2D eigenvalue weighted by molar-refractivity contribution is 7.07. The summed E-state index contributed by atoms with van der Waals surface area (Å²) in [5, 5.41) is 17.1. The van der Waals surface area contributed by atoms with Crippen LogP contribution in [0.25, 0.3) is 0 Å². The number of hydrogen-bond acceptors (Lipinski definition) is 4. The molecule has 1 heterocycles. The molecule has 0 saturated carbocycles. The number of thiophene rings is 1. The van der Waals surface area contributed by atoms with Crippen molar-refractivity contribution in [1.82, 2.24) is 5.32 Å². The summed E-state index contributed by atoms with van der Waals surface area (Å²) in [6.07, 6.45) is -0.453. The molecular weight excluding hydrogens is 246 g/mol. The van der Waals surface area contributed by atoms with Crippen LogP contribution in [-0.4, -0.2) is 18.8 Å². The Hall–Kier alpha value is -1.36. The summed E-state index contributed by atoms with van der Waals surface area (Å²) in [5.41, 5.74) is 2.06.